The maximum Gasteiger partial charge on any atom is 0.269 e. The van der Waals surface area contributed by atoms with E-state index in [0.29, 0.717) is 5.88 Å². The number of carbonyl (C=O) groups is 1. The van der Waals surface area contributed by atoms with Crippen LogP contribution in [0.15, 0.2) is 41.4 Å². The Labute approximate surface area is 127 Å². The smallest absolute Gasteiger partial charge is 0.269 e. The molecule has 22 heavy (non-hydrogen) atoms. The second kappa shape index (κ2) is 6.39. The van der Waals surface area contributed by atoms with Crippen LogP contribution in [-0.4, -0.2) is 37.7 Å². The van der Waals surface area contributed by atoms with Crippen molar-refractivity contribution < 1.29 is 17.9 Å². The van der Waals surface area contributed by atoms with Gasteiger partial charge in [-0.15, -0.1) is 0 Å². The minimum absolute atomic E-state index is 0.0674. The maximum atomic E-state index is 12.0. The van der Waals surface area contributed by atoms with Crippen LogP contribution in [0.5, 0.6) is 5.88 Å². The van der Waals surface area contributed by atoms with E-state index >= 15 is 0 Å². The Bertz CT molecular complexity index is 792. The van der Waals surface area contributed by atoms with Gasteiger partial charge < -0.3 is 4.74 Å². The van der Waals surface area contributed by atoms with Gasteiger partial charge in [0.1, 0.15) is 0 Å². The van der Waals surface area contributed by atoms with Gasteiger partial charge >= 0.3 is 0 Å². The molecule has 2 aromatic rings. The standard InChI is InChI=1S/C13H14N4O4S/c1-21-11-6-7-14-13(15-11)17-16-12(18)9-4-3-5-10(8-9)22(2,19)20/h3-8H,1-2H3,(H,16,18)(H,14,15,17). The van der Waals surface area contributed by atoms with E-state index in [4.69, 9.17) is 4.74 Å². The van der Waals surface area contributed by atoms with Crippen molar-refractivity contribution in [2.45, 2.75) is 4.90 Å². The van der Waals surface area contributed by atoms with Crippen molar-refractivity contribution >= 4 is 21.7 Å². The number of hydrogen-bond acceptors (Lipinski definition) is 7. The molecular weight excluding hydrogens is 308 g/mol. The molecule has 116 valence electrons. The lowest BCUT2D eigenvalue weighted by Gasteiger charge is -2.08. The van der Waals surface area contributed by atoms with Crippen molar-refractivity contribution in [3.8, 4) is 5.88 Å². The second-order valence-corrected chi connectivity index (χ2v) is 6.32. The summed E-state index contributed by atoms with van der Waals surface area (Å²) in [7, 11) is -1.92. The Kier molecular flexibility index (Phi) is 4.56. The summed E-state index contributed by atoms with van der Waals surface area (Å²) < 4.78 is 27.9. The summed E-state index contributed by atoms with van der Waals surface area (Å²) >= 11 is 0. The molecule has 0 aliphatic heterocycles. The zero-order valence-electron chi connectivity index (χ0n) is 11.9. The fourth-order valence-corrected chi connectivity index (χ4v) is 2.24. The van der Waals surface area contributed by atoms with Gasteiger partial charge in [0.25, 0.3) is 5.91 Å². The lowest BCUT2D eigenvalue weighted by atomic mass is 10.2. The van der Waals surface area contributed by atoms with E-state index in [2.05, 4.69) is 20.8 Å². The molecule has 2 rings (SSSR count). The molecule has 0 aliphatic carbocycles. The van der Waals surface area contributed by atoms with Crippen LogP contribution in [0.2, 0.25) is 0 Å². The van der Waals surface area contributed by atoms with Crippen LogP contribution in [0, 0.1) is 0 Å². The summed E-state index contributed by atoms with van der Waals surface area (Å²) in [5.74, 6) is -0.0327. The Morgan fingerprint density at radius 2 is 2.05 bits per heavy atom. The first-order valence-electron chi connectivity index (χ1n) is 6.13. The molecular formula is C13H14N4O4S. The Balaban J connectivity index is 2.09. The highest BCUT2D eigenvalue weighted by Gasteiger charge is 2.11. The van der Waals surface area contributed by atoms with Gasteiger partial charge in [-0.05, 0) is 18.2 Å². The number of benzene rings is 1. The second-order valence-electron chi connectivity index (χ2n) is 4.30. The van der Waals surface area contributed by atoms with Crippen LogP contribution < -0.4 is 15.6 Å². The minimum atomic E-state index is -3.38. The predicted molar refractivity (Wildman–Crippen MR) is 79.2 cm³/mol. The quantitative estimate of drug-likeness (QED) is 0.777. The number of hydrogen-bond donors (Lipinski definition) is 2. The Morgan fingerprint density at radius 1 is 1.27 bits per heavy atom. The number of ether oxygens (including phenoxy) is 1. The molecule has 0 aliphatic rings. The number of methoxy groups -OCH3 is 1. The number of hydrazine groups is 1. The fraction of sp³-hybridized carbons (Fsp3) is 0.154. The minimum Gasteiger partial charge on any atom is -0.481 e. The third kappa shape index (κ3) is 3.92. The molecule has 0 spiro atoms. The number of nitrogens with one attached hydrogen (secondary N) is 2. The average molecular weight is 322 g/mol. The summed E-state index contributed by atoms with van der Waals surface area (Å²) in [4.78, 5) is 19.9. The largest absolute Gasteiger partial charge is 0.481 e. The monoisotopic (exact) mass is 322 g/mol. The first-order valence-corrected chi connectivity index (χ1v) is 8.03. The molecule has 1 aromatic heterocycles. The summed E-state index contributed by atoms with van der Waals surface area (Å²) in [6, 6.07) is 7.26. The Morgan fingerprint density at radius 3 is 2.73 bits per heavy atom. The molecule has 0 atom stereocenters. The number of anilines is 1. The number of rotatable bonds is 5. The first-order chi connectivity index (χ1) is 10.4. The number of aromatic nitrogens is 2. The molecule has 8 nitrogen and oxygen atoms in total. The SMILES string of the molecule is COc1ccnc(NNC(=O)c2cccc(S(C)(=O)=O)c2)n1. The zero-order chi connectivity index (χ0) is 16.2. The van der Waals surface area contributed by atoms with Crippen molar-refractivity contribution in [3.63, 3.8) is 0 Å². The van der Waals surface area contributed by atoms with E-state index in [1.165, 1.54) is 37.6 Å². The highest BCUT2D eigenvalue weighted by molar-refractivity contribution is 7.90. The van der Waals surface area contributed by atoms with Crippen LogP contribution in [-0.2, 0) is 9.84 Å². The lowest BCUT2D eigenvalue weighted by molar-refractivity contribution is 0.0962. The van der Waals surface area contributed by atoms with Crippen molar-refractivity contribution in [1.82, 2.24) is 15.4 Å². The van der Waals surface area contributed by atoms with E-state index < -0.39 is 15.7 Å². The normalized spacial score (nSPS) is 10.8. The van der Waals surface area contributed by atoms with E-state index in [1.807, 2.05) is 0 Å². The average Bonchev–Trinajstić information content (AvgIpc) is 2.52. The van der Waals surface area contributed by atoms with Crippen LogP contribution in [0.3, 0.4) is 0 Å². The highest BCUT2D eigenvalue weighted by atomic mass is 32.2. The molecule has 0 radical (unpaired) electrons. The van der Waals surface area contributed by atoms with Crippen molar-refractivity contribution in [2.24, 2.45) is 0 Å². The highest BCUT2D eigenvalue weighted by Crippen LogP contribution is 2.11. The summed E-state index contributed by atoms with van der Waals surface area (Å²) in [5.41, 5.74) is 5.10. The predicted octanol–water partition coefficient (Wildman–Crippen LogP) is 0.646. The molecule has 0 saturated carbocycles. The van der Waals surface area contributed by atoms with Gasteiger partial charge in [0.05, 0.1) is 12.0 Å². The summed E-state index contributed by atoms with van der Waals surface area (Å²) in [5, 5.41) is 0. The molecule has 0 fully saturated rings. The van der Waals surface area contributed by atoms with E-state index in [1.54, 1.807) is 6.07 Å². The number of carbonyl (C=O) groups excluding carboxylic acids is 1. The van der Waals surface area contributed by atoms with E-state index in [9.17, 15) is 13.2 Å². The molecule has 1 amide bonds. The maximum absolute atomic E-state index is 12.0. The van der Waals surface area contributed by atoms with Crippen LogP contribution >= 0.6 is 0 Å². The van der Waals surface area contributed by atoms with E-state index in [0.717, 1.165) is 6.26 Å². The molecule has 0 unspecified atom stereocenters. The van der Waals surface area contributed by atoms with E-state index in [-0.39, 0.29) is 16.4 Å². The van der Waals surface area contributed by atoms with Gasteiger partial charge in [-0.25, -0.2) is 13.4 Å². The topological polar surface area (TPSA) is 110 Å². The van der Waals surface area contributed by atoms with Gasteiger partial charge in [0.15, 0.2) is 9.84 Å². The number of sulfone groups is 1. The van der Waals surface area contributed by atoms with Crippen molar-refractivity contribution in [1.29, 1.82) is 0 Å². The van der Waals surface area contributed by atoms with Crippen LogP contribution in [0.1, 0.15) is 10.4 Å². The van der Waals surface area contributed by atoms with Gasteiger partial charge in [0, 0.05) is 24.1 Å². The zero-order valence-corrected chi connectivity index (χ0v) is 12.7. The summed E-state index contributed by atoms with van der Waals surface area (Å²) in [6.07, 6.45) is 2.54. The Hall–Kier alpha value is -2.68. The third-order valence-electron chi connectivity index (χ3n) is 2.65. The molecule has 1 heterocycles. The van der Waals surface area contributed by atoms with Crippen LogP contribution in [0.25, 0.3) is 0 Å². The molecule has 1 aromatic carbocycles. The van der Waals surface area contributed by atoms with Crippen LogP contribution in [0.4, 0.5) is 5.95 Å². The van der Waals surface area contributed by atoms with Crippen molar-refractivity contribution in [3.05, 3.63) is 42.1 Å². The van der Waals surface area contributed by atoms with Gasteiger partial charge in [-0.3, -0.25) is 15.6 Å². The number of amides is 1. The fourth-order valence-electron chi connectivity index (χ4n) is 1.57. The summed E-state index contributed by atoms with van der Waals surface area (Å²) in [6.45, 7) is 0. The number of nitrogens with zero attached hydrogens (tertiary/aromatic N) is 2. The molecule has 0 saturated heterocycles. The van der Waals surface area contributed by atoms with Crippen molar-refractivity contribution in [2.75, 3.05) is 18.8 Å². The molecule has 9 heteroatoms. The first kappa shape index (κ1) is 15.7. The lowest BCUT2D eigenvalue weighted by Crippen LogP contribution is -2.30. The molecule has 0 bridgehead atoms. The van der Waals surface area contributed by atoms with Gasteiger partial charge in [-0.1, -0.05) is 6.07 Å². The molecule has 2 N–H and O–H groups in total. The third-order valence-corrected chi connectivity index (χ3v) is 3.76. The van der Waals surface area contributed by atoms with Gasteiger partial charge in [0.2, 0.25) is 11.8 Å². The van der Waals surface area contributed by atoms with Gasteiger partial charge in [-0.2, -0.15) is 4.98 Å².